The first-order chi connectivity index (χ1) is 9.43. The Morgan fingerprint density at radius 3 is 2.25 bits per heavy atom. The van der Waals surface area contributed by atoms with Gasteiger partial charge in [0.2, 0.25) is 0 Å². The quantitative estimate of drug-likeness (QED) is 0.767. The predicted octanol–water partition coefficient (Wildman–Crippen LogP) is 1.53. The minimum absolute atomic E-state index is 0.142. The molecule has 0 spiro atoms. The van der Waals surface area contributed by atoms with Crippen LogP contribution in [0.15, 0.2) is 4.99 Å². The molecule has 108 valence electrons. The summed E-state index contributed by atoms with van der Waals surface area (Å²) in [6.45, 7) is 3.97. The number of unbranched alkanes of at least 4 members (excludes halogenated alkanes) is 1. The summed E-state index contributed by atoms with van der Waals surface area (Å²) in [5, 5.41) is 19.5. The number of hydrogen-bond acceptors (Lipinski definition) is 6. The number of rotatable bonds is 5. The van der Waals surface area contributed by atoms with Crippen LogP contribution in [0.25, 0.3) is 0 Å². The first kappa shape index (κ1) is 14.8. The van der Waals surface area contributed by atoms with Crippen LogP contribution in [0, 0.1) is 38.9 Å². The van der Waals surface area contributed by atoms with Crippen LogP contribution in [0.1, 0.15) is 33.1 Å². The van der Waals surface area contributed by atoms with Gasteiger partial charge in [0.1, 0.15) is 11.3 Å². The van der Waals surface area contributed by atoms with Crippen molar-refractivity contribution in [2.24, 2.45) is 27.0 Å². The van der Waals surface area contributed by atoms with Crippen LogP contribution in [-0.2, 0) is 9.47 Å². The lowest BCUT2D eigenvalue weighted by molar-refractivity contribution is -0.236. The Hall–Kier alpha value is -1.63. The number of amidine groups is 1. The monoisotopic (exact) mass is 276 g/mol. The predicted molar refractivity (Wildman–Crippen MR) is 72.1 cm³/mol. The van der Waals surface area contributed by atoms with Crippen LogP contribution in [-0.4, -0.2) is 26.0 Å². The zero-order valence-corrected chi connectivity index (χ0v) is 12.4. The molecule has 2 aliphatic rings. The molecule has 0 bridgehead atoms. The molecule has 0 saturated heterocycles. The number of fused-ring (bicyclic) bond motifs is 1. The molecule has 0 unspecified atom stereocenters. The summed E-state index contributed by atoms with van der Waals surface area (Å²) in [5.41, 5.74) is 3.08. The number of aliphatic imine (C=N–C) groups is 1. The molecule has 2 rings (SSSR count). The van der Waals surface area contributed by atoms with Gasteiger partial charge in [0, 0.05) is 19.6 Å². The van der Waals surface area contributed by atoms with Crippen molar-refractivity contribution in [3.8, 4) is 12.1 Å². The zero-order valence-electron chi connectivity index (χ0n) is 12.4. The van der Waals surface area contributed by atoms with E-state index in [-0.39, 0.29) is 5.84 Å². The van der Waals surface area contributed by atoms with Crippen molar-refractivity contribution in [1.82, 2.24) is 0 Å². The number of ether oxygens (including phenoxy) is 2. The van der Waals surface area contributed by atoms with E-state index in [0.717, 1.165) is 12.8 Å². The maximum Gasteiger partial charge on any atom is 0.292 e. The molecule has 0 amide bonds. The standard InChI is InChI=1S/C14H20N4O2/c1-5-6-7-11(2)12(8-15)10(17)18-14(19-3,20-4)13(11,12)9-16/h5-7H2,1-4H3,(H2,17,18)/t11-,12-,13+/m0/s1. The highest BCUT2D eigenvalue weighted by Crippen LogP contribution is 2.86. The molecule has 0 aromatic heterocycles. The SMILES string of the molecule is CCCC[C@@]1(C)[C@]2(C#N)C(N)=NC(OC)(OC)[C@]12C#N. The molecule has 6 heteroatoms. The topological polar surface area (TPSA) is 104 Å². The lowest BCUT2D eigenvalue weighted by atomic mass is 9.87. The zero-order chi connectivity index (χ0) is 15.2. The summed E-state index contributed by atoms with van der Waals surface area (Å²) in [5.74, 6) is -1.35. The van der Waals surface area contributed by atoms with E-state index < -0.39 is 22.2 Å². The van der Waals surface area contributed by atoms with E-state index in [4.69, 9.17) is 15.2 Å². The van der Waals surface area contributed by atoms with E-state index >= 15 is 0 Å². The minimum Gasteiger partial charge on any atom is -0.386 e. The van der Waals surface area contributed by atoms with Crippen LogP contribution >= 0.6 is 0 Å². The first-order valence-electron chi connectivity index (χ1n) is 6.72. The molecule has 1 aliphatic carbocycles. The van der Waals surface area contributed by atoms with Crippen molar-refractivity contribution >= 4 is 5.84 Å². The number of nitriles is 2. The Morgan fingerprint density at radius 2 is 1.85 bits per heavy atom. The Balaban J connectivity index is 2.65. The van der Waals surface area contributed by atoms with Gasteiger partial charge in [-0.15, -0.1) is 0 Å². The maximum absolute atomic E-state index is 9.82. The van der Waals surface area contributed by atoms with E-state index in [2.05, 4.69) is 24.1 Å². The second-order valence-electron chi connectivity index (χ2n) is 5.65. The molecule has 2 N–H and O–H groups in total. The molecule has 1 aliphatic heterocycles. The smallest absolute Gasteiger partial charge is 0.292 e. The van der Waals surface area contributed by atoms with Crippen molar-refractivity contribution in [2.75, 3.05) is 14.2 Å². The summed E-state index contributed by atoms with van der Waals surface area (Å²) in [6.07, 6.45) is 2.58. The molecule has 0 radical (unpaired) electrons. The average Bonchev–Trinajstić information content (AvgIpc) is 2.85. The van der Waals surface area contributed by atoms with E-state index in [9.17, 15) is 10.5 Å². The summed E-state index contributed by atoms with van der Waals surface area (Å²) in [6, 6.07) is 4.50. The highest BCUT2D eigenvalue weighted by Gasteiger charge is 2.98. The van der Waals surface area contributed by atoms with Crippen LogP contribution in [0.5, 0.6) is 0 Å². The van der Waals surface area contributed by atoms with Gasteiger partial charge in [-0.1, -0.05) is 26.7 Å². The van der Waals surface area contributed by atoms with Gasteiger partial charge >= 0.3 is 0 Å². The fraction of sp³-hybridized carbons (Fsp3) is 0.786. The molecule has 20 heavy (non-hydrogen) atoms. The fourth-order valence-corrected chi connectivity index (χ4v) is 4.10. The van der Waals surface area contributed by atoms with Crippen LogP contribution in [0.2, 0.25) is 0 Å². The van der Waals surface area contributed by atoms with Gasteiger partial charge in [0.05, 0.1) is 12.1 Å². The third-order valence-corrected chi connectivity index (χ3v) is 5.20. The van der Waals surface area contributed by atoms with Crippen molar-refractivity contribution in [3.05, 3.63) is 0 Å². The van der Waals surface area contributed by atoms with Gasteiger partial charge in [-0.3, -0.25) is 0 Å². The van der Waals surface area contributed by atoms with Gasteiger partial charge in [-0.05, 0) is 6.42 Å². The van der Waals surface area contributed by atoms with Gasteiger partial charge in [0.25, 0.3) is 5.91 Å². The van der Waals surface area contributed by atoms with Crippen LogP contribution in [0.4, 0.5) is 0 Å². The summed E-state index contributed by atoms with van der Waals surface area (Å²) in [4.78, 5) is 4.18. The number of hydrogen-bond donors (Lipinski definition) is 1. The molecule has 1 saturated carbocycles. The van der Waals surface area contributed by atoms with E-state index in [1.54, 1.807) is 0 Å². The third-order valence-electron chi connectivity index (χ3n) is 5.20. The van der Waals surface area contributed by atoms with Gasteiger partial charge in [-0.25, -0.2) is 4.99 Å². The van der Waals surface area contributed by atoms with Crippen molar-refractivity contribution in [3.63, 3.8) is 0 Å². The number of methoxy groups -OCH3 is 2. The van der Waals surface area contributed by atoms with E-state index in [1.165, 1.54) is 14.2 Å². The highest BCUT2D eigenvalue weighted by atomic mass is 16.7. The van der Waals surface area contributed by atoms with Crippen LogP contribution in [0.3, 0.4) is 0 Å². The molecule has 1 fully saturated rings. The molecule has 1 heterocycles. The number of nitrogens with two attached hydrogens (primary N) is 1. The van der Waals surface area contributed by atoms with Gasteiger partial charge in [0.15, 0.2) is 5.41 Å². The minimum atomic E-state index is -1.50. The van der Waals surface area contributed by atoms with Crippen molar-refractivity contribution < 1.29 is 9.47 Å². The van der Waals surface area contributed by atoms with E-state index in [1.807, 2.05) is 6.92 Å². The first-order valence-corrected chi connectivity index (χ1v) is 6.72. The average molecular weight is 276 g/mol. The molecule has 0 aromatic rings. The molecule has 6 nitrogen and oxygen atoms in total. The third kappa shape index (κ3) is 1.06. The summed E-state index contributed by atoms with van der Waals surface area (Å²) < 4.78 is 10.8. The Bertz CT molecular complexity index is 542. The molecular formula is C14H20N4O2. The Labute approximate surface area is 119 Å². The summed E-state index contributed by atoms with van der Waals surface area (Å²) >= 11 is 0. The second kappa shape index (κ2) is 4.18. The summed E-state index contributed by atoms with van der Waals surface area (Å²) in [7, 11) is 2.84. The van der Waals surface area contributed by atoms with Crippen molar-refractivity contribution in [2.45, 2.75) is 39.0 Å². The lowest BCUT2D eigenvalue weighted by Crippen LogP contribution is -2.43. The molecule has 0 aromatic carbocycles. The van der Waals surface area contributed by atoms with E-state index in [0.29, 0.717) is 6.42 Å². The molecular weight excluding hydrogens is 256 g/mol. The second-order valence-corrected chi connectivity index (χ2v) is 5.65. The Morgan fingerprint density at radius 1 is 1.25 bits per heavy atom. The normalized spacial score (nSPS) is 40.4. The van der Waals surface area contributed by atoms with Gasteiger partial charge < -0.3 is 15.2 Å². The van der Waals surface area contributed by atoms with Crippen LogP contribution < -0.4 is 5.73 Å². The molecule has 3 atom stereocenters. The fourth-order valence-electron chi connectivity index (χ4n) is 4.10. The Kier molecular flexibility index (Phi) is 3.09. The maximum atomic E-state index is 9.82. The highest BCUT2D eigenvalue weighted by molar-refractivity contribution is 6.00. The lowest BCUT2D eigenvalue weighted by Gasteiger charge is -2.32. The number of nitrogens with zero attached hydrogens (tertiary/aromatic N) is 3. The van der Waals surface area contributed by atoms with Crippen molar-refractivity contribution in [1.29, 1.82) is 10.5 Å². The van der Waals surface area contributed by atoms with Gasteiger partial charge in [-0.2, -0.15) is 10.5 Å². The largest absolute Gasteiger partial charge is 0.386 e.